The highest BCUT2D eigenvalue weighted by Crippen LogP contribution is 2.62. The summed E-state index contributed by atoms with van der Waals surface area (Å²) in [5.41, 5.74) is 11.7. The van der Waals surface area contributed by atoms with Crippen LogP contribution < -0.4 is 9.64 Å². The topological polar surface area (TPSA) is 25.6 Å². The average molecular weight is 740 g/mol. The molecule has 0 saturated carbocycles. The van der Waals surface area contributed by atoms with Crippen molar-refractivity contribution in [2.24, 2.45) is 0 Å². The van der Waals surface area contributed by atoms with Crippen LogP contribution in [0.2, 0.25) is 0 Å². The summed E-state index contributed by atoms with van der Waals surface area (Å²) in [4.78, 5) is 2.44. The molecular weight excluding hydrogens is 707 g/mol. The molecule has 0 N–H and O–H groups in total. The van der Waals surface area contributed by atoms with Crippen LogP contribution in [0.3, 0.4) is 0 Å². The zero-order chi connectivity index (χ0) is 38.0. The lowest BCUT2D eigenvalue weighted by Crippen LogP contribution is -2.36. The molecule has 13 rings (SSSR count). The van der Waals surface area contributed by atoms with Crippen molar-refractivity contribution in [1.82, 2.24) is 0 Å². The van der Waals surface area contributed by atoms with Crippen molar-refractivity contribution >= 4 is 71.3 Å². The molecule has 0 amide bonds. The molecule has 11 aromatic rings. The average Bonchev–Trinajstić information content (AvgIpc) is 3.67. The molecule has 2 heterocycles. The summed E-state index contributed by atoms with van der Waals surface area (Å²) in [7, 11) is 0. The van der Waals surface area contributed by atoms with E-state index in [1.807, 2.05) is 0 Å². The van der Waals surface area contributed by atoms with Crippen molar-refractivity contribution in [3.63, 3.8) is 0 Å². The van der Waals surface area contributed by atoms with Crippen LogP contribution in [0.4, 0.5) is 17.1 Å². The number of benzene rings is 10. The minimum absolute atomic E-state index is 0.604. The number of furan rings is 1. The molecule has 0 radical (unpaired) electrons. The molecule has 270 valence electrons. The van der Waals surface area contributed by atoms with E-state index < -0.39 is 5.41 Å². The number of para-hydroxylation sites is 2. The number of rotatable bonds is 3. The standard InChI is InChI=1S/C55H33NO2/c1-3-16-37-34(13-1)15-11-24-48(37)56(36-28-30-40-42-29-27-35-14-2-4-17-38(35)54(42)58-52(40)33-36)49-32-31-41-39-18-5-6-20-44(39)55(47-23-12-19-43(49)53(41)47)45-21-7-9-25-50(45)57-51-26-10-8-22-46(51)55/h1-33H. The van der Waals surface area contributed by atoms with E-state index in [2.05, 4.69) is 205 Å². The largest absolute Gasteiger partial charge is 0.457 e. The Morgan fingerprint density at radius 1 is 0.379 bits per heavy atom. The van der Waals surface area contributed by atoms with Crippen LogP contribution in [-0.4, -0.2) is 0 Å². The van der Waals surface area contributed by atoms with Crippen LogP contribution in [0, 0.1) is 0 Å². The Labute approximate surface area is 334 Å². The summed E-state index contributed by atoms with van der Waals surface area (Å²) < 4.78 is 13.5. The summed E-state index contributed by atoms with van der Waals surface area (Å²) in [6, 6.07) is 72.5. The predicted octanol–water partition coefficient (Wildman–Crippen LogP) is 15.0. The van der Waals surface area contributed by atoms with Crippen LogP contribution in [0.5, 0.6) is 11.5 Å². The van der Waals surface area contributed by atoms with E-state index in [0.717, 1.165) is 67.0 Å². The molecule has 0 unspecified atom stereocenters. The molecule has 0 bridgehead atoms. The van der Waals surface area contributed by atoms with Crippen LogP contribution >= 0.6 is 0 Å². The normalized spacial score (nSPS) is 13.4. The quantitative estimate of drug-likeness (QED) is 0.180. The van der Waals surface area contributed by atoms with Gasteiger partial charge in [-0.15, -0.1) is 0 Å². The summed E-state index contributed by atoms with van der Waals surface area (Å²) >= 11 is 0. The fourth-order valence-corrected chi connectivity index (χ4v) is 10.3. The van der Waals surface area contributed by atoms with Gasteiger partial charge in [-0.1, -0.05) is 152 Å². The number of hydrogen-bond acceptors (Lipinski definition) is 3. The number of anilines is 3. The highest BCUT2D eigenvalue weighted by Gasteiger charge is 2.49. The van der Waals surface area contributed by atoms with Crippen molar-refractivity contribution in [1.29, 1.82) is 0 Å². The van der Waals surface area contributed by atoms with Gasteiger partial charge in [-0.05, 0) is 80.9 Å². The molecule has 0 saturated heterocycles. The molecule has 3 heteroatoms. The van der Waals surface area contributed by atoms with Crippen LogP contribution in [-0.2, 0) is 5.41 Å². The van der Waals surface area contributed by atoms with Gasteiger partial charge in [0.2, 0.25) is 0 Å². The van der Waals surface area contributed by atoms with E-state index in [1.165, 1.54) is 49.2 Å². The highest BCUT2D eigenvalue weighted by atomic mass is 16.5. The molecule has 2 aliphatic rings. The lowest BCUT2D eigenvalue weighted by molar-refractivity contribution is 0.435. The van der Waals surface area contributed by atoms with Crippen LogP contribution in [0.1, 0.15) is 22.3 Å². The second-order valence-corrected chi connectivity index (χ2v) is 15.5. The number of hydrogen-bond donors (Lipinski definition) is 0. The Hall–Kier alpha value is -7.62. The van der Waals surface area contributed by atoms with Gasteiger partial charge in [0.15, 0.2) is 0 Å². The van der Waals surface area contributed by atoms with E-state index >= 15 is 0 Å². The lowest BCUT2D eigenvalue weighted by atomic mass is 9.58. The summed E-state index contributed by atoms with van der Waals surface area (Å²) in [5.74, 6) is 1.77. The van der Waals surface area contributed by atoms with Gasteiger partial charge in [-0.25, -0.2) is 0 Å². The van der Waals surface area contributed by atoms with Crippen molar-refractivity contribution in [2.75, 3.05) is 4.90 Å². The van der Waals surface area contributed by atoms with E-state index in [9.17, 15) is 0 Å². The lowest BCUT2D eigenvalue weighted by Gasteiger charge is -2.45. The number of fused-ring (bicyclic) bond motifs is 14. The van der Waals surface area contributed by atoms with Gasteiger partial charge in [-0.3, -0.25) is 0 Å². The minimum atomic E-state index is -0.604. The molecule has 10 aromatic carbocycles. The molecule has 1 aliphatic carbocycles. The first kappa shape index (κ1) is 31.6. The Kier molecular flexibility index (Phi) is 6.37. The van der Waals surface area contributed by atoms with Crippen LogP contribution in [0.25, 0.3) is 65.4 Å². The maximum absolute atomic E-state index is 6.81. The van der Waals surface area contributed by atoms with Gasteiger partial charge in [0.05, 0.1) is 16.8 Å². The predicted molar refractivity (Wildman–Crippen MR) is 238 cm³/mol. The first-order valence-electron chi connectivity index (χ1n) is 19.9. The Balaban J connectivity index is 1.14. The van der Waals surface area contributed by atoms with Crippen molar-refractivity contribution in [3.05, 3.63) is 222 Å². The fraction of sp³-hybridized carbons (Fsp3) is 0.0182. The molecule has 1 spiro atoms. The molecule has 0 atom stereocenters. The van der Waals surface area contributed by atoms with Gasteiger partial charge in [0, 0.05) is 49.8 Å². The van der Waals surface area contributed by atoms with E-state index in [1.54, 1.807) is 0 Å². The Morgan fingerprint density at radius 2 is 0.983 bits per heavy atom. The van der Waals surface area contributed by atoms with Gasteiger partial charge in [0.1, 0.15) is 22.7 Å². The van der Waals surface area contributed by atoms with E-state index in [4.69, 9.17) is 9.15 Å². The highest BCUT2D eigenvalue weighted by molar-refractivity contribution is 6.17. The molecule has 1 aliphatic heterocycles. The van der Waals surface area contributed by atoms with Crippen molar-refractivity contribution < 1.29 is 9.15 Å². The fourth-order valence-electron chi connectivity index (χ4n) is 10.3. The Bertz CT molecular complexity index is 3470. The third-order valence-corrected chi connectivity index (χ3v) is 12.7. The van der Waals surface area contributed by atoms with E-state index in [0.29, 0.717) is 0 Å². The molecule has 3 nitrogen and oxygen atoms in total. The summed E-state index contributed by atoms with van der Waals surface area (Å²) in [6.45, 7) is 0. The first-order chi connectivity index (χ1) is 28.8. The smallest absolute Gasteiger partial charge is 0.143 e. The Morgan fingerprint density at radius 3 is 1.81 bits per heavy atom. The molecule has 1 aromatic heterocycles. The second kappa shape index (κ2) is 11.7. The van der Waals surface area contributed by atoms with E-state index in [-0.39, 0.29) is 0 Å². The van der Waals surface area contributed by atoms with Crippen molar-refractivity contribution in [3.8, 4) is 22.6 Å². The summed E-state index contributed by atoms with van der Waals surface area (Å²) in [5, 5.41) is 9.31. The SMILES string of the molecule is c1ccc2c(c1)Oc1ccccc1C21c2ccccc2-c2ccc(N(c3ccc4c(c3)oc3c5ccccc5ccc43)c3cccc4ccccc34)c3cccc1c23. The maximum Gasteiger partial charge on any atom is 0.143 e. The molecular formula is C55H33NO2. The van der Waals surface area contributed by atoms with Crippen LogP contribution in [0.15, 0.2) is 205 Å². The number of ether oxygens (including phenoxy) is 1. The monoisotopic (exact) mass is 739 g/mol. The first-order valence-corrected chi connectivity index (χ1v) is 19.9. The third kappa shape index (κ3) is 4.12. The van der Waals surface area contributed by atoms with Gasteiger partial charge in [0.25, 0.3) is 0 Å². The van der Waals surface area contributed by atoms with Gasteiger partial charge >= 0.3 is 0 Å². The van der Waals surface area contributed by atoms with Gasteiger partial charge < -0.3 is 14.1 Å². The molecule has 58 heavy (non-hydrogen) atoms. The third-order valence-electron chi connectivity index (χ3n) is 12.7. The zero-order valence-corrected chi connectivity index (χ0v) is 31.3. The zero-order valence-electron chi connectivity index (χ0n) is 31.3. The van der Waals surface area contributed by atoms with Gasteiger partial charge in [-0.2, -0.15) is 0 Å². The second-order valence-electron chi connectivity index (χ2n) is 15.5. The molecule has 0 fully saturated rings. The maximum atomic E-state index is 6.81. The minimum Gasteiger partial charge on any atom is -0.457 e. The number of nitrogens with zero attached hydrogens (tertiary/aromatic N) is 1. The van der Waals surface area contributed by atoms with Crippen molar-refractivity contribution in [2.45, 2.75) is 5.41 Å². The summed E-state index contributed by atoms with van der Waals surface area (Å²) in [6.07, 6.45) is 0.